The van der Waals surface area contributed by atoms with Gasteiger partial charge in [0.2, 0.25) is 5.91 Å². The number of hydrogen-bond donors (Lipinski definition) is 1. The molecule has 0 aromatic heterocycles. The van der Waals surface area contributed by atoms with Crippen molar-refractivity contribution in [2.24, 2.45) is 11.8 Å². The van der Waals surface area contributed by atoms with Gasteiger partial charge in [0.1, 0.15) is 0 Å². The van der Waals surface area contributed by atoms with Crippen LogP contribution in [0.4, 0.5) is 0 Å². The average Bonchev–Trinajstić information content (AvgIpc) is 2.71. The van der Waals surface area contributed by atoms with E-state index < -0.39 is 0 Å². The third-order valence-electron chi connectivity index (χ3n) is 3.73. The summed E-state index contributed by atoms with van der Waals surface area (Å²) in [5, 5.41) is 3.09. The minimum absolute atomic E-state index is 0.281. The van der Waals surface area contributed by atoms with Gasteiger partial charge in [-0.25, -0.2) is 0 Å². The summed E-state index contributed by atoms with van der Waals surface area (Å²) >= 11 is 0. The Morgan fingerprint density at radius 1 is 1.38 bits per heavy atom. The maximum absolute atomic E-state index is 11.3. The van der Waals surface area contributed by atoms with Crippen LogP contribution in [-0.2, 0) is 4.79 Å². The van der Waals surface area contributed by atoms with Crippen LogP contribution in [0.15, 0.2) is 0 Å². The SMILES string of the molecule is CCC1NC(=O)CC1C1CCCC1. The molecular weight excluding hydrogens is 162 g/mol. The Balaban J connectivity index is 1.99. The number of rotatable bonds is 2. The zero-order chi connectivity index (χ0) is 9.26. The van der Waals surface area contributed by atoms with E-state index >= 15 is 0 Å². The summed E-state index contributed by atoms with van der Waals surface area (Å²) in [4.78, 5) is 11.3. The molecule has 0 aromatic carbocycles. The largest absolute Gasteiger partial charge is 0.353 e. The van der Waals surface area contributed by atoms with Crippen molar-refractivity contribution in [3.05, 3.63) is 0 Å². The summed E-state index contributed by atoms with van der Waals surface area (Å²) in [6.45, 7) is 2.18. The van der Waals surface area contributed by atoms with Crippen molar-refractivity contribution in [2.75, 3.05) is 0 Å². The molecule has 0 spiro atoms. The second kappa shape index (κ2) is 3.69. The second-order valence-electron chi connectivity index (χ2n) is 4.49. The molecule has 13 heavy (non-hydrogen) atoms. The molecule has 2 heteroatoms. The summed E-state index contributed by atoms with van der Waals surface area (Å²) in [5.74, 6) is 1.77. The van der Waals surface area contributed by atoms with Gasteiger partial charge < -0.3 is 5.32 Å². The highest BCUT2D eigenvalue weighted by Crippen LogP contribution is 2.37. The lowest BCUT2D eigenvalue weighted by Crippen LogP contribution is -2.30. The van der Waals surface area contributed by atoms with Gasteiger partial charge in [0.05, 0.1) is 0 Å². The Morgan fingerprint density at radius 2 is 2.08 bits per heavy atom. The minimum atomic E-state index is 0.281. The van der Waals surface area contributed by atoms with E-state index in [1.807, 2.05) is 0 Å². The van der Waals surface area contributed by atoms with Gasteiger partial charge in [0, 0.05) is 12.5 Å². The van der Waals surface area contributed by atoms with Crippen LogP contribution < -0.4 is 5.32 Å². The molecule has 1 amide bonds. The molecule has 2 nitrogen and oxygen atoms in total. The van der Waals surface area contributed by atoms with Crippen LogP contribution in [0.2, 0.25) is 0 Å². The topological polar surface area (TPSA) is 29.1 Å². The molecule has 2 rings (SSSR count). The van der Waals surface area contributed by atoms with Gasteiger partial charge in [-0.1, -0.05) is 32.6 Å². The van der Waals surface area contributed by atoms with E-state index in [9.17, 15) is 4.79 Å². The molecule has 1 aliphatic carbocycles. The quantitative estimate of drug-likeness (QED) is 0.694. The zero-order valence-corrected chi connectivity index (χ0v) is 8.38. The normalized spacial score (nSPS) is 35.3. The number of hydrogen-bond acceptors (Lipinski definition) is 1. The van der Waals surface area contributed by atoms with Gasteiger partial charge in [0.25, 0.3) is 0 Å². The molecule has 2 aliphatic rings. The van der Waals surface area contributed by atoms with Gasteiger partial charge in [-0.15, -0.1) is 0 Å². The van der Waals surface area contributed by atoms with Crippen molar-refractivity contribution in [2.45, 2.75) is 51.5 Å². The van der Waals surface area contributed by atoms with Crippen LogP contribution in [0.3, 0.4) is 0 Å². The Kier molecular flexibility index (Phi) is 2.56. The highest BCUT2D eigenvalue weighted by atomic mass is 16.2. The lowest BCUT2D eigenvalue weighted by Gasteiger charge is -2.22. The Labute approximate surface area is 80.1 Å². The van der Waals surface area contributed by atoms with Crippen molar-refractivity contribution >= 4 is 5.91 Å². The van der Waals surface area contributed by atoms with Crippen LogP contribution in [-0.4, -0.2) is 11.9 Å². The van der Waals surface area contributed by atoms with Crippen LogP contribution in [0.5, 0.6) is 0 Å². The van der Waals surface area contributed by atoms with Crippen molar-refractivity contribution in [3.8, 4) is 0 Å². The first kappa shape index (κ1) is 9.04. The fourth-order valence-electron chi connectivity index (χ4n) is 3.01. The molecule has 0 aromatic rings. The third kappa shape index (κ3) is 1.72. The molecule has 2 unspecified atom stereocenters. The lowest BCUT2D eigenvalue weighted by atomic mass is 9.84. The molecule has 74 valence electrons. The standard InChI is InChI=1S/C11H19NO/c1-2-10-9(7-11(13)12-10)8-5-3-4-6-8/h8-10H,2-7H2,1H3,(H,12,13). The summed E-state index contributed by atoms with van der Waals surface area (Å²) in [7, 11) is 0. The highest BCUT2D eigenvalue weighted by Gasteiger charge is 2.37. The Hall–Kier alpha value is -0.530. The Bertz CT molecular complexity index is 196. The summed E-state index contributed by atoms with van der Waals surface area (Å²) in [6.07, 6.45) is 7.37. The first-order chi connectivity index (χ1) is 6.31. The van der Waals surface area contributed by atoms with Crippen LogP contribution in [0.1, 0.15) is 45.4 Å². The predicted octanol–water partition coefficient (Wildman–Crippen LogP) is 2.09. The maximum atomic E-state index is 11.3. The van der Waals surface area contributed by atoms with Crippen molar-refractivity contribution in [1.82, 2.24) is 5.32 Å². The average molecular weight is 181 g/mol. The molecule has 2 fully saturated rings. The third-order valence-corrected chi connectivity index (χ3v) is 3.73. The molecule has 1 saturated carbocycles. The van der Waals surface area contributed by atoms with Gasteiger partial charge in [-0.3, -0.25) is 4.79 Å². The first-order valence-electron chi connectivity index (χ1n) is 5.60. The Morgan fingerprint density at radius 3 is 2.69 bits per heavy atom. The fourth-order valence-corrected chi connectivity index (χ4v) is 3.01. The van der Waals surface area contributed by atoms with E-state index in [0.717, 1.165) is 18.8 Å². The van der Waals surface area contributed by atoms with Crippen molar-refractivity contribution in [3.63, 3.8) is 0 Å². The minimum Gasteiger partial charge on any atom is -0.353 e. The van der Waals surface area contributed by atoms with Gasteiger partial charge in [0.15, 0.2) is 0 Å². The van der Waals surface area contributed by atoms with Gasteiger partial charge in [-0.2, -0.15) is 0 Å². The fraction of sp³-hybridized carbons (Fsp3) is 0.909. The van der Waals surface area contributed by atoms with Crippen LogP contribution in [0, 0.1) is 11.8 Å². The molecule has 2 atom stereocenters. The molecule has 1 aliphatic heterocycles. The highest BCUT2D eigenvalue weighted by molar-refractivity contribution is 5.79. The molecule has 0 bridgehead atoms. The summed E-state index contributed by atoms with van der Waals surface area (Å²) < 4.78 is 0. The van der Waals surface area contributed by atoms with Crippen LogP contribution in [0.25, 0.3) is 0 Å². The number of amides is 1. The number of carbonyl (C=O) groups excluding carboxylic acids is 1. The predicted molar refractivity (Wildman–Crippen MR) is 52.3 cm³/mol. The molecule has 1 saturated heterocycles. The monoisotopic (exact) mass is 181 g/mol. The zero-order valence-electron chi connectivity index (χ0n) is 8.38. The smallest absolute Gasteiger partial charge is 0.220 e. The van der Waals surface area contributed by atoms with Crippen molar-refractivity contribution in [1.29, 1.82) is 0 Å². The van der Waals surface area contributed by atoms with E-state index in [0.29, 0.717) is 12.0 Å². The maximum Gasteiger partial charge on any atom is 0.220 e. The number of nitrogens with one attached hydrogen (secondary N) is 1. The van der Waals surface area contributed by atoms with Crippen molar-refractivity contribution < 1.29 is 4.79 Å². The first-order valence-corrected chi connectivity index (χ1v) is 5.60. The van der Waals surface area contributed by atoms with E-state index in [1.54, 1.807) is 0 Å². The van der Waals surface area contributed by atoms with E-state index in [2.05, 4.69) is 12.2 Å². The van der Waals surface area contributed by atoms with E-state index in [4.69, 9.17) is 0 Å². The van der Waals surface area contributed by atoms with Gasteiger partial charge in [-0.05, 0) is 18.3 Å². The van der Waals surface area contributed by atoms with Gasteiger partial charge >= 0.3 is 0 Å². The molecule has 1 N–H and O–H groups in total. The molecule has 1 heterocycles. The summed E-state index contributed by atoms with van der Waals surface area (Å²) in [5.41, 5.74) is 0. The molecule has 0 radical (unpaired) electrons. The lowest BCUT2D eigenvalue weighted by molar-refractivity contribution is -0.119. The second-order valence-corrected chi connectivity index (χ2v) is 4.49. The number of carbonyl (C=O) groups is 1. The van der Waals surface area contributed by atoms with Crippen LogP contribution >= 0.6 is 0 Å². The molecular formula is C11H19NO. The van der Waals surface area contributed by atoms with E-state index in [-0.39, 0.29) is 5.91 Å². The van der Waals surface area contributed by atoms with E-state index in [1.165, 1.54) is 25.7 Å². The summed E-state index contributed by atoms with van der Waals surface area (Å²) in [6, 6.07) is 0.482.